The zero-order valence-corrected chi connectivity index (χ0v) is 14.0. The summed E-state index contributed by atoms with van der Waals surface area (Å²) in [4.78, 5) is 12.4. The van der Waals surface area contributed by atoms with Crippen molar-refractivity contribution in [3.63, 3.8) is 0 Å². The Labute approximate surface area is 136 Å². The van der Waals surface area contributed by atoms with Crippen LogP contribution in [0.1, 0.15) is 31.2 Å². The maximum Gasteiger partial charge on any atom is 0.227 e. The molecule has 0 radical (unpaired) electrons. The first-order valence-corrected chi connectivity index (χ1v) is 9.76. The fourth-order valence-electron chi connectivity index (χ4n) is 2.99. The van der Waals surface area contributed by atoms with Crippen LogP contribution < -0.4 is 5.32 Å². The molecule has 1 heterocycles. The zero-order valence-electron chi connectivity index (χ0n) is 13.2. The number of fused-ring (bicyclic) bond motifs is 1. The summed E-state index contributed by atoms with van der Waals surface area (Å²) in [5.41, 5.74) is 0.977. The van der Waals surface area contributed by atoms with Crippen LogP contribution >= 0.6 is 0 Å². The van der Waals surface area contributed by atoms with E-state index in [-0.39, 0.29) is 29.4 Å². The minimum Gasteiger partial charge on any atom is -0.353 e. The van der Waals surface area contributed by atoms with Crippen LogP contribution in [0.5, 0.6) is 0 Å². The number of benzene rings is 2. The SMILES string of the molecule is C[C@H](C(=O)NC1CCS(=O)(=O)CC1)c1ccc2ccccc2c1. The Morgan fingerprint density at radius 1 is 1.09 bits per heavy atom. The molecule has 122 valence electrons. The minimum absolute atomic E-state index is 0.0334. The topological polar surface area (TPSA) is 63.2 Å². The third kappa shape index (κ3) is 3.72. The van der Waals surface area contributed by atoms with E-state index in [0.29, 0.717) is 12.8 Å². The molecule has 0 unspecified atom stereocenters. The normalized spacial score (nSPS) is 19.3. The Hall–Kier alpha value is -1.88. The number of amides is 1. The number of nitrogens with one attached hydrogen (secondary N) is 1. The molecule has 1 atom stereocenters. The molecule has 0 aliphatic carbocycles. The molecule has 0 aromatic heterocycles. The molecule has 1 aliphatic rings. The molecule has 1 fully saturated rings. The lowest BCUT2D eigenvalue weighted by Gasteiger charge is -2.24. The number of sulfone groups is 1. The standard InChI is InChI=1S/C18H21NO3S/c1-13(15-7-6-14-4-2-3-5-16(14)12-15)18(20)19-17-8-10-23(21,22)11-9-17/h2-7,12-13,17H,8-11H2,1H3,(H,19,20)/t13-/m0/s1. The third-order valence-corrected chi connectivity index (χ3v) is 6.28. The summed E-state index contributed by atoms with van der Waals surface area (Å²) in [5, 5.41) is 5.27. The van der Waals surface area contributed by atoms with Crippen molar-refractivity contribution in [3.05, 3.63) is 48.0 Å². The van der Waals surface area contributed by atoms with Crippen molar-refractivity contribution in [2.24, 2.45) is 0 Å². The van der Waals surface area contributed by atoms with Crippen LogP contribution in [0.3, 0.4) is 0 Å². The lowest BCUT2D eigenvalue weighted by atomic mass is 9.96. The van der Waals surface area contributed by atoms with E-state index in [4.69, 9.17) is 0 Å². The van der Waals surface area contributed by atoms with Crippen LogP contribution in [0, 0.1) is 0 Å². The van der Waals surface area contributed by atoms with Crippen LogP contribution in [0.2, 0.25) is 0 Å². The highest BCUT2D eigenvalue weighted by Gasteiger charge is 2.26. The highest BCUT2D eigenvalue weighted by Crippen LogP contribution is 2.22. The molecule has 23 heavy (non-hydrogen) atoms. The van der Waals surface area contributed by atoms with Crippen molar-refractivity contribution in [1.82, 2.24) is 5.32 Å². The Bertz CT molecular complexity index is 815. The molecule has 2 aromatic carbocycles. The smallest absolute Gasteiger partial charge is 0.227 e. The van der Waals surface area contributed by atoms with Crippen LogP contribution in [0.15, 0.2) is 42.5 Å². The average Bonchev–Trinajstić information content (AvgIpc) is 2.55. The van der Waals surface area contributed by atoms with Gasteiger partial charge < -0.3 is 5.32 Å². The highest BCUT2D eigenvalue weighted by molar-refractivity contribution is 7.91. The molecule has 5 heteroatoms. The molecule has 2 aromatic rings. The number of hydrogen-bond donors (Lipinski definition) is 1. The van der Waals surface area contributed by atoms with Gasteiger partial charge in [0.05, 0.1) is 17.4 Å². The van der Waals surface area contributed by atoms with E-state index < -0.39 is 9.84 Å². The van der Waals surface area contributed by atoms with Crippen LogP contribution in [-0.4, -0.2) is 31.9 Å². The fraction of sp³-hybridized carbons (Fsp3) is 0.389. The van der Waals surface area contributed by atoms with Gasteiger partial charge in [-0.1, -0.05) is 42.5 Å². The lowest BCUT2D eigenvalue weighted by molar-refractivity contribution is -0.123. The highest BCUT2D eigenvalue weighted by atomic mass is 32.2. The van der Waals surface area contributed by atoms with Crippen molar-refractivity contribution in [1.29, 1.82) is 0 Å². The molecule has 4 nitrogen and oxygen atoms in total. The van der Waals surface area contributed by atoms with Crippen molar-refractivity contribution < 1.29 is 13.2 Å². The summed E-state index contributed by atoms with van der Waals surface area (Å²) < 4.78 is 22.9. The Kier molecular flexibility index (Phi) is 4.39. The molecular weight excluding hydrogens is 310 g/mol. The summed E-state index contributed by atoms with van der Waals surface area (Å²) in [7, 11) is -2.90. The van der Waals surface area contributed by atoms with E-state index in [1.807, 2.05) is 49.4 Å². The van der Waals surface area contributed by atoms with Gasteiger partial charge >= 0.3 is 0 Å². The van der Waals surface area contributed by atoms with E-state index >= 15 is 0 Å². The van der Waals surface area contributed by atoms with Crippen molar-refractivity contribution in [2.75, 3.05) is 11.5 Å². The molecule has 0 spiro atoms. The fourth-order valence-corrected chi connectivity index (χ4v) is 4.48. The van der Waals surface area contributed by atoms with Gasteiger partial charge in [-0.05, 0) is 36.1 Å². The van der Waals surface area contributed by atoms with Crippen LogP contribution in [-0.2, 0) is 14.6 Å². The van der Waals surface area contributed by atoms with Gasteiger partial charge in [0.15, 0.2) is 0 Å². The van der Waals surface area contributed by atoms with E-state index in [1.165, 1.54) is 0 Å². The molecule has 3 rings (SSSR count). The predicted molar refractivity (Wildman–Crippen MR) is 92.2 cm³/mol. The van der Waals surface area contributed by atoms with Crippen molar-refractivity contribution >= 4 is 26.5 Å². The largest absolute Gasteiger partial charge is 0.353 e. The zero-order chi connectivity index (χ0) is 16.4. The average molecular weight is 331 g/mol. The summed E-state index contributed by atoms with van der Waals surface area (Å²) in [6.07, 6.45) is 1.02. The first-order chi connectivity index (χ1) is 10.9. The molecule has 1 amide bonds. The van der Waals surface area contributed by atoms with Gasteiger partial charge in [-0.15, -0.1) is 0 Å². The Morgan fingerprint density at radius 3 is 2.43 bits per heavy atom. The predicted octanol–water partition coefficient (Wildman–Crippen LogP) is 2.64. The van der Waals surface area contributed by atoms with Crippen molar-refractivity contribution in [2.45, 2.75) is 31.7 Å². The van der Waals surface area contributed by atoms with Gasteiger partial charge in [0.2, 0.25) is 5.91 Å². The first-order valence-electron chi connectivity index (χ1n) is 7.94. The minimum atomic E-state index is -2.90. The number of hydrogen-bond acceptors (Lipinski definition) is 3. The molecule has 0 bridgehead atoms. The van der Waals surface area contributed by atoms with Crippen LogP contribution in [0.4, 0.5) is 0 Å². The molecular formula is C18H21NO3S. The van der Waals surface area contributed by atoms with Crippen molar-refractivity contribution in [3.8, 4) is 0 Å². The summed E-state index contributed by atoms with van der Waals surface area (Å²) >= 11 is 0. The summed E-state index contributed by atoms with van der Waals surface area (Å²) in [6.45, 7) is 1.89. The second-order valence-electron chi connectivity index (χ2n) is 6.26. The van der Waals surface area contributed by atoms with E-state index in [2.05, 4.69) is 5.32 Å². The second-order valence-corrected chi connectivity index (χ2v) is 8.57. The van der Waals surface area contributed by atoms with E-state index in [1.54, 1.807) is 0 Å². The maximum absolute atomic E-state index is 12.4. The van der Waals surface area contributed by atoms with Gasteiger partial charge in [0, 0.05) is 6.04 Å². The summed E-state index contributed by atoms with van der Waals surface area (Å²) in [5.74, 6) is 0.0488. The van der Waals surface area contributed by atoms with Gasteiger partial charge in [0.1, 0.15) is 9.84 Å². The molecule has 1 aliphatic heterocycles. The van der Waals surface area contributed by atoms with Crippen LogP contribution in [0.25, 0.3) is 10.8 Å². The first kappa shape index (κ1) is 16.0. The third-order valence-electron chi connectivity index (χ3n) is 4.57. The van der Waals surface area contributed by atoms with E-state index in [9.17, 15) is 13.2 Å². The maximum atomic E-state index is 12.4. The monoisotopic (exact) mass is 331 g/mol. The van der Waals surface area contributed by atoms with E-state index in [0.717, 1.165) is 16.3 Å². The lowest BCUT2D eigenvalue weighted by Crippen LogP contribution is -2.42. The number of rotatable bonds is 3. The Balaban J connectivity index is 1.69. The molecule has 0 saturated carbocycles. The molecule has 1 saturated heterocycles. The Morgan fingerprint density at radius 2 is 1.74 bits per heavy atom. The summed E-state index contributed by atoms with van der Waals surface area (Å²) in [6, 6.07) is 14.1. The van der Waals surface area contributed by atoms with Gasteiger partial charge in [-0.3, -0.25) is 4.79 Å². The van der Waals surface area contributed by atoms with Gasteiger partial charge in [-0.25, -0.2) is 8.42 Å². The second kappa shape index (κ2) is 6.32. The molecule has 1 N–H and O–H groups in total. The van der Waals surface area contributed by atoms with Gasteiger partial charge in [-0.2, -0.15) is 0 Å². The number of carbonyl (C=O) groups excluding carboxylic acids is 1. The van der Waals surface area contributed by atoms with Gasteiger partial charge in [0.25, 0.3) is 0 Å². The quantitative estimate of drug-likeness (QED) is 0.940. The number of carbonyl (C=O) groups is 1.